The number of pyridine rings is 1. The van der Waals surface area contributed by atoms with Gasteiger partial charge in [0.15, 0.2) is 0 Å². The van der Waals surface area contributed by atoms with E-state index in [0.29, 0.717) is 11.4 Å². The lowest BCUT2D eigenvalue weighted by atomic mass is 10.2. The summed E-state index contributed by atoms with van der Waals surface area (Å²) >= 11 is 0. The fourth-order valence-electron chi connectivity index (χ4n) is 1.56. The molecule has 110 valence electrons. The molecule has 7 heteroatoms. The van der Waals surface area contributed by atoms with Gasteiger partial charge in [-0.05, 0) is 25.5 Å². The van der Waals surface area contributed by atoms with Crippen molar-refractivity contribution >= 4 is 17.8 Å². The summed E-state index contributed by atoms with van der Waals surface area (Å²) in [5, 5.41) is 5.77. The number of primary amides is 1. The summed E-state index contributed by atoms with van der Waals surface area (Å²) in [6, 6.07) is 3.38. The van der Waals surface area contributed by atoms with Gasteiger partial charge in [-0.1, -0.05) is 6.92 Å². The quantitative estimate of drug-likeness (QED) is 0.647. The molecule has 0 bridgehead atoms. The topological polar surface area (TPSA) is 106 Å². The van der Waals surface area contributed by atoms with Crippen LogP contribution >= 0.6 is 0 Å². The van der Waals surface area contributed by atoms with E-state index in [-0.39, 0.29) is 19.1 Å². The monoisotopic (exact) mass is 280 g/mol. The molecule has 0 radical (unpaired) electrons. The number of nitrogens with two attached hydrogens (primary N) is 1. The summed E-state index contributed by atoms with van der Waals surface area (Å²) in [4.78, 5) is 26.6. The summed E-state index contributed by atoms with van der Waals surface area (Å²) in [6.07, 6.45) is 0.117. The minimum absolute atomic E-state index is 0.0477. The van der Waals surface area contributed by atoms with E-state index < -0.39 is 6.09 Å². The number of hydrogen-bond donors (Lipinski definition) is 3. The first-order chi connectivity index (χ1) is 9.52. The Kier molecular flexibility index (Phi) is 6.28. The van der Waals surface area contributed by atoms with E-state index in [9.17, 15) is 9.59 Å². The number of anilines is 1. The van der Waals surface area contributed by atoms with E-state index in [4.69, 9.17) is 5.73 Å². The van der Waals surface area contributed by atoms with Crippen molar-refractivity contribution in [3.8, 4) is 0 Å². The number of carbonyl (C=O) groups excluding carboxylic acids is 2. The second-order valence-corrected chi connectivity index (χ2v) is 4.23. The zero-order chi connectivity index (χ0) is 15.0. The Morgan fingerprint density at radius 2 is 2.10 bits per heavy atom. The molecule has 1 aromatic rings. The Labute approximate surface area is 117 Å². The van der Waals surface area contributed by atoms with Gasteiger partial charge < -0.3 is 21.1 Å². The fourth-order valence-corrected chi connectivity index (χ4v) is 1.56. The van der Waals surface area contributed by atoms with Crippen LogP contribution in [0.1, 0.15) is 29.4 Å². The molecular weight excluding hydrogens is 260 g/mol. The second-order valence-electron chi connectivity index (χ2n) is 4.23. The second kappa shape index (κ2) is 7.98. The summed E-state index contributed by atoms with van der Waals surface area (Å²) in [7, 11) is 0. The first kappa shape index (κ1) is 15.7. The van der Waals surface area contributed by atoms with E-state index in [1.54, 1.807) is 12.1 Å². The SMILES string of the molecule is CCCNc1cc(C(=O)NCCOC(N)=O)cc(C)n1. The van der Waals surface area contributed by atoms with E-state index >= 15 is 0 Å². The number of hydrogen-bond acceptors (Lipinski definition) is 5. The van der Waals surface area contributed by atoms with Gasteiger partial charge in [-0.3, -0.25) is 4.79 Å². The van der Waals surface area contributed by atoms with Gasteiger partial charge in [0.1, 0.15) is 12.4 Å². The van der Waals surface area contributed by atoms with Crippen LogP contribution in [0.4, 0.5) is 10.6 Å². The van der Waals surface area contributed by atoms with Gasteiger partial charge in [-0.2, -0.15) is 0 Å². The van der Waals surface area contributed by atoms with Crippen molar-refractivity contribution in [3.63, 3.8) is 0 Å². The van der Waals surface area contributed by atoms with Crippen molar-refractivity contribution in [2.24, 2.45) is 5.73 Å². The van der Waals surface area contributed by atoms with Crippen molar-refractivity contribution in [2.75, 3.05) is 25.0 Å². The zero-order valence-electron chi connectivity index (χ0n) is 11.7. The Morgan fingerprint density at radius 1 is 1.35 bits per heavy atom. The van der Waals surface area contributed by atoms with E-state index in [0.717, 1.165) is 18.7 Å². The first-order valence-electron chi connectivity index (χ1n) is 6.46. The largest absolute Gasteiger partial charge is 0.448 e. The van der Waals surface area contributed by atoms with E-state index in [1.165, 1.54) is 0 Å². The van der Waals surface area contributed by atoms with Crippen LogP contribution in [0.15, 0.2) is 12.1 Å². The average molecular weight is 280 g/mol. The van der Waals surface area contributed by atoms with Gasteiger partial charge in [0, 0.05) is 17.8 Å². The molecule has 1 rings (SSSR count). The highest BCUT2D eigenvalue weighted by Crippen LogP contribution is 2.10. The highest BCUT2D eigenvalue weighted by Gasteiger charge is 2.08. The fraction of sp³-hybridized carbons (Fsp3) is 0.462. The number of aryl methyl sites for hydroxylation is 1. The number of nitrogens with zero attached hydrogens (tertiary/aromatic N) is 1. The highest BCUT2D eigenvalue weighted by molar-refractivity contribution is 5.95. The smallest absolute Gasteiger partial charge is 0.404 e. The lowest BCUT2D eigenvalue weighted by molar-refractivity contribution is 0.0936. The molecule has 0 saturated carbocycles. The normalized spacial score (nSPS) is 9.90. The third kappa shape index (κ3) is 5.55. The minimum atomic E-state index is -0.856. The molecule has 0 atom stereocenters. The molecule has 0 spiro atoms. The van der Waals surface area contributed by atoms with Crippen LogP contribution in [0.25, 0.3) is 0 Å². The Bertz CT molecular complexity index is 477. The molecule has 4 N–H and O–H groups in total. The molecule has 1 heterocycles. The standard InChI is InChI=1S/C13H20N4O3/c1-3-4-15-11-8-10(7-9(2)17-11)12(18)16-5-6-20-13(14)19/h7-8H,3-6H2,1-2H3,(H2,14,19)(H,15,17)(H,16,18). The van der Waals surface area contributed by atoms with Gasteiger partial charge in [-0.15, -0.1) is 0 Å². The highest BCUT2D eigenvalue weighted by atomic mass is 16.5. The van der Waals surface area contributed by atoms with E-state index in [2.05, 4.69) is 27.3 Å². The maximum absolute atomic E-state index is 11.9. The molecule has 0 aliphatic rings. The molecule has 0 fully saturated rings. The Morgan fingerprint density at radius 3 is 2.75 bits per heavy atom. The molecule has 0 aromatic carbocycles. The third-order valence-electron chi connectivity index (χ3n) is 2.40. The molecule has 0 unspecified atom stereocenters. The van der Waals surface area contributed by atoms with Crippen molar-refractivity contribution in [3.05, 3.63) is 23.4 Å². The van der Waals surface area contributed by atoms with Crippen molar-refractivity contribution in [2.45, 2.75) is 20.3 Å². The van der Waals surface area contributed by atoms with Crippen molar-refractivity contribution in [1.82, 2.24) is 10.3 Å². The Balaban J connectivity index is 2.58. The van der Waals surface area contributed by atoms with Crippen LogP contribution < -0.4 is 16.4 Å². The zero-order valence-corrected chi connectivity index (χ0v) is 11.7. The maximum Gasteiger partial charge on any atom is 0.404 e. The average Bonchev–Trinajstić information content (AvgIpc) is 2.40. The predicted octanol–water partition coefficient (Wildman–Crippen LogP) is 1.04. The predicted molar refractivity (Wildman–Crippen MR) is 75.6 cm³/mol. The van der Waals surface area contributed by atoms with Crippen LogP contribution in [0, 0.1) is 6.92 Å². The summed E-state index contributed by atoms with van der Waals surface area (Å²) in [5.41, 5.74) is 6.08. The van der Waals surface area contributed by atoms with Crippen LogP contribution in [0.3, 0.4) is 0 Å². The number of nitrogens with one attached hydrogen (secondary N) is 2. The van der Waals surface area contributed by atoms with E-state index in [1.807, 2.05) is 6.92 Å². The molecule has 7 nitrogen and oxygen atoms in total. The number of rotatable bonds is 7. The van der Waals surface area contributed by atoms with Crippen molar-refractivity contribution < 1.29 is 14.3 Å². The molecule has 0 aliphatic heterocycles. The van der Waals surface area contributed by atoms with Gasteiger partial charge in [0.2, 0.25) is 0 Å². The lowest BCUT2D eigenvalue weighted by Crippen LogP contribution is -2.29. The molecule has 2 amide bonds. The van der Waals surface area contributed by atoms with Crippen LogP contribution in [-0.2, 0) is 4.74 Å². The van der Waals surface area contributed by atoms with Gasteiger partial charge in [-0.25, -0.2) is 9.78 Å². The van der Waals surface area contributed by atoms with Crippen LogP contribution in [-0.4, -0.2) is 36.7 Å². The molecule has 20 heavy (non-hydrogen) atoms. The summed E-state index contributed by atoms with van der Waals surface area (Å²) in [6.45, 7) is 4.93. The third-order valence-corrected chi connectivity index (χ3v) is 2.40. The van der Waals surface area contributed by atoms with Gasteiger partial charge in [0.05, 0.1) is 6.54 Å². The van der Waals surface area contributed by atoms with Crippen molar-refractivity contribution in [1.29, 1.82) is 0 Å². The van der Waals surface area contributed by atoms with Crippen LogP contribution in [0.2, 0.25) is 0 Å². The number of amides is 2. The number of carbonyl (C=O) groups is 2. The molecule has 0 aliphatic carbocycles. The number of aromatic nitrogens is 1. The molecule has 0 saturated heterocycles. The number of ether oxygens (including phenoxy) is 1. The minimum Gasteiger partial charge on any atom is -0.448 e. The summed E-state index contributed by atoms with van der Waals surface area (Å²) < 4.78 is 4.53. The Hall–Kier alpha value is -2.31. The van der Waals surface area contributed by atoms with Crippen LogP contribution in [0.5, 0.6) is 0 Å². The summed E-state index contributed by atoms with van der Waals surface area (Å²) in [5.74, 6) is 0.425. The first-order valence-corrected chi connectivity index (χ1v) is 6.46. The molecule has 1 aromatic heterocycles. The lowest BCUT2D eigenvalue weighted by Gasteiger charge is -2.09. The maximum atomic E-state index is 11.9. The molecular formula is C13H20N4O3. The van der Waals surface area contributed by atoms with Gasteiger partial charge >= 0.3 is 6.09 Å². The van der Waals surface area contributed by atoms with Gasteiger partial charge in [0.25, 0.3) is 5.91 Å².